The van der Waals surface area contributed by atoms with Crippen LogP contribution in [-0.4, -0.2) is 196 Å². The highest BCUT2D eigenvalue weighted by Crippen LogP contribution is 2.32. The van der Waals surface area contributed by atoms with Crippen LogP contribution in [0.2, 0.25) is 0 Å². The van der Waals surface area contributed by atoms with Gasteiger partial charge in [-0.05, 0) is 57.8 Å². The van der Waals surface area contributed by atoms with Crippen molar-refractivity contribution in [2.75, 3.05) is 19.8 Å². The van der Waals surface area contributed by atoms with Crippen molar-refractivity contribution in [1.29, 1.82) is 0 Å². The Morgan fingerprint density at radius 2 is 0.679 bits per heavy atom. The molecular weight excluding hydrogens is 1080 g/mol. The molecule has 27 heteroatoms. The minimum Gasteiger partial charge on any atom is -0.463 e. The normalized spacial score (nSPS) is 23.5. The van der Waals surface area contributed by atoms with Crippen LogP contribution in [0.1, 0.15) is 178 Å². The Kier molecular flexibility index (Phi) is 40.4. The quantitative estimate of drug-likeness (QED) is 0.0306. The molecule has 2 saturated heterocycles. The third-order valence-corrected chi connectivity index (χ3v) is 11.4. The molecule has 0 amide bonds. The first-order chi connectivity index (χ1) is 38.5. The van der Waals surface area contributed by atoms with Crippen molar-refractivity contribution >= 4 is 60.0 Å². The van der Waals surface area contributed by atoms with E-state index in [0.29, 0.717) is 57.8 Å². The third-order valence-electron chi connectivity index (χ3n) is 11.4. The monoisotopic (exact) mass is 1170 g/mol. The predicted octanol–water partition coefficient (Wildman–Crippen LogP) is 2.34. The molecule has 6 N–H and O–H groups in total. The number of hydrogen-bond donors (Lipinski definition) is 6. The van der Waals surface area contributed by atoms with Crippen LogP contribution in [0.3, 0.4) is 0 Å². The highest BCUT2D eigenvalue weighted by atomic mass is 16.8. The molecule has 0 radical (unpaired) electrons. The molecule has 81 heavy (non-hydrogen) atoms. The van der Waals surface area contributed by atoms with Crippen molar-refractivity contribution in [3.8, 4) is 0 Å². The summed E-state index contributed by atoms with van der Waals surface area (Å²) in [5, 5.41) is 54.1. The second-order valence-corrected chi connectivity index (χ2v) is 18.8. The highest BCUT2D eigenvalue weighted by molar-refractivity contribution is 5.74. The van der Waals surface area contributed by atoms with Gasteiger partial charge in [-0.2, -0.15) is 0 Å². The van der Waals surface area contributed by atoms with Gasteiger partial charge in [-0.3, -0.25) is 43.2 Å². The molecule has 2 aliphatic rings. The second-order valence-electron chi connectivity index (χ2n) is 18.8. The smallest absolute Gasteiger partial charge is 0.308 e. The Morgan fingerprint density at radius 1 is 0.395 bits per heavy atom. The summed E-state index contributed by atoms with van der Waals surface area (Å²) < 4.78 is 60.6. The molecule has 2 aliphatic heterocycles. The largest absolute Gasteiger partial charge is 0.463 e. The number of aldehydes is 1. The van der Waals surface area contributed by atoms with Crippen molar-refractivity contribution in [3.63, 3.8) is 0 Å². The summed E-state index contributed by atoms with van der Waals surface area (Å²) in [7, 11) is 0. The van der Waals surface area contributed by atoms with Gasteiger partial charge in [-0.15, -0.1) is 0 Å². The maximum absolute atomic E-state index is 12.6. The van der Waals surface area contributed by atoms with Gasteiger partial charge in [0.15, 0.2) is 43.1 Å². The van der Waals surface area contributed by atoms with Crippen LogP contribution < -0.4 is 0 Å². The van der Waals surface area contributed by atoms with E-state index in [1.165, 1.54) is 0 Å². The molecule has 0 aromatic carbocycles. The fourth-order valence-electron chi connectivity index (χ4n) is 7.34. The zero-order valence-electron chi connectivity index (χ0n) is 48.3. The van der Waals surface area contributed by atoms with Crippen molar-refractivity contribution in [2.24, 2.45) is 0 Å². The average Bonchev–Trinajstić information content (AvgIpc) is 3.49. The predicted molar refractivity (Wildman–Crippen MR) is 278 cm³/mol. The van der Waals surface area contributed by atoms with Crippen LogP contribution in [0.25, 0.3) is 0 Å². The average molecular weight is 1170 g/mol. The highest BCUT2D eigenvalue weighted by Gasteiger charge is 2.55. The molecule has 2 rings (SSSR count). The van der Waals surface area contributed by atoms with E-state index in [0.717, 1.165) is 0 Å². The molecule has 468 valence electrons. The second kappa shape index (κ2) is 43.3. The summed E-state index contributed by atoms with van der Waals surface area (Å²) in [4.78, 5) is 120. The zero-order valence-corrected chi connectivity index (χ0v) is 48.3. The lowest BCUT2D eigenvalue weighted by Crippen LogP contribution is -2.63. The number of carbonyl (C=O) groups excluding carboxylic acids is 10. The third kappa shape index (κ3) is 29.4. The zero-order chi connectivity index (χ0) is 61.6. The standard InChI is InChI=1S/C26H42O11.C22H36O10.C6H12O6/c1-6-11-18(27)32-16-17-23(34-19(28)12-7-2)24(35-20(29)13-8-3)25(36-21(30)14-9-4)26(33-17)37-22(31)15-10-5;1-5-9-15(23)28-13-14-19(30-16(24)10-6-2)20(31-17(25)11-7-3)21(22(27)29-14)32-18(26)12-8-4;7-1-3(9)5(11)6(12)4(10)2-8/h17,23-26H,6-16H2,1-5H3;14,19-22,27H,5-13H2,1-4H3;1,3-6,8-12H,2H2/t17-,23-,24+,25-,26?;14-,19-,20+,21-,22?;3-,4+,5+,6+/m110/s1. The van der Waals surface area contributed by atoms with Gasteiger partial charge in [-0.1, -0.05) is 62.3 Å². The minimum absolute atomic E-state index is 0.0258. The van der Waals surface area contributed by atoms with E-state index >= 15 is 0 Å². The maximum Gasteiger partial charge on any atom is 0.308 e. The Hall–Kier alpha value is -5.42. The van der Waals surface area contributed by atoms with Crippen LogP contribution in [-0.2, 0) is 100 Å². The van der Waals surface area contributed by atoms with Crippen molar-refractivity contribution in [1.82, 2.24) is 0 Å². The topological polar surface area (TPSA) is 394 Å². The van der Waals surface area contributed by atoms with Gasteiger partial charge in [0.1, 0.15) is 49.8 Å². The van der Waals surface area contributed by atoms with E-state index in [9.17, 15) is 53.1 Å². The molecule has 2 fully saturated rings. The lowest BCUT2D eigenvalue weighted by atomic mass is 9.97. The van der Waals surface area contributed by atoms with Gasteiger partial charge in [0.2, 0.25) is 12.4 Å². The van der Waals surface area contributed by atoms with E-state index in [-0.39, 0.29) is 77.3 Å². The fourth-order valence-corrected chi connectivity index (χ4v) is 7.34. The summed E-state index contributed by atoms with van der Waals surface area (Å²) in [5.41, 5.74) is 0. The van der Waals surface area contributed by atoms with Crippen LogP contribution in [0.5, 0.6) is 0 Å². The number of ether oxygens (including phenoxy) is 11. The van der Waals surface area contributed by atoms with E-state index in [2.05, 4.69) is 0 Å². The van der Waals surface area contributed by atoms with Gasteiger partial charge in [0, 0.05) is 57.8 Å². The van der Waals surface area contributed by atoms with E-state index in [4.69, 9.17) is 77.6 Å². The van der Waals surface area contributed by atoms with Gasteiger partial charge in [0.05, 0.1) is 6.61 Å². The van der Waals surface area contributed by atoms with Crippen LogP contribution in [0.15, 0.2) is 0 Å². The van der Waals surface area contributed by atoms with Crippen molar-refractivity contribution in [3.05, 3.63) is 0 Å². The summed E-state index contributed by atoms with van der Waals surface area (Å²) in [6.07, 6.45) is -14.8. The number of aliphatic hydroxyl groups is 6. The minimum atomic E-state index is -1.79. The molecule has 0 bridgehead atoms. The summed E-state index contributed by atoms with van der Waals surface area (Å²) in [6, 6.07) is 0. The van der Waals surface area contributed by atoms with E-state index in [1.807, 2.05) is 13.8 Å². The maximum atomic E-state index is 12.6. The molecule has 0 saturated carbocycles. The number of esters is 9. The Labute approximate surface area is 473 Å². The lowest BCUT2D eigenvalue weighted by Gasteiger charge is -2.44. The SMILES string of the molecule is CCCC(=O)OC[C@H]1OC(O)[C@H](OC(=O)CCC)[C@@H](OC(=O)CCC)[C@@H]1OC(=O)CCC.CCCC(=O)OC[C@H]1OC(OC(=O)CCC)[C@H](OC(=O)CCC)[C@@H](OC(=O)CCC)[C@@H]1OC(=O)CCC.O=C[C@H](O)[C@@H](O)[C@H](O)[C@H](O)CO. The van der Waals surface area contributed by atoms with Gasteiger partial charge < -0.3 is 87.5 Å². The number of hydrogen-bond acceptors (Lipinski definition) is 27. The number of carbonyl (C=O) groups is 10. The summed E-state index contributed by atoms with van der Waals surface area (Å²) in [6.45, 7) is 14.7. The van der Waals surface area contributed by atoms with Gasteiger partial charge >= 0.3 is 53.7 Å². The van der Waals surface area contributed by atoms with Crippen LogP contribution in [0, 0.1) is 0 Å². The summed E-state index contributed by atoms with van der Waals surface area (Å²) >= 11 is 0. The molecule has 0 aromatic rings. The molecular formula is C54H90O27. The van der Waals surface area contributed by atoms with Crippen LogP contribution in [0.4, 0.5) is 0 Å². The van der Waals surface area contributed by atoms with E-state index in [1.54, 1.807) is 48.5 Å². The van der Waals surface area contributed by atoms with Crippen molar-refractivity contribution < 1.29 is 131 Å². The van der Waals surface area contributed by atoms with E-state index < -0.39 is 146 Å². The van der Waals surface area contributed by atoms with Gasteiger partial charge in [0.25, 0.3) is 0 Å². The number of rotatable bonds is 34. The molecule has 0 spiro atoms. The Balaban J connectivity index is 0.00000132. The summed E-state index contributed by atoms with van der Waals surface area (Å²) in [5.74, 6) is -5.27. The first kappa shape index (κ1) is 75.6. The first-order valence-corrected chi connectivity index (χ1v) is 28.0. The fraction of sp³-hybridized carbons (Fsp3) is 0.815. The van der Waals surface area contributed by atoms with Gasteiger partial charge in [-0.25, -0.2) is 0 Å². The molecule has 0 aliphatic carbocycles. The first-order valence-electron chi connectivity index (χ1n) is 28.0. The molecule has 14 atom stereocenters. The molecule has 0 aromatic heterocycles. The van der Waals surface area contributed by atoms with Crippen LogP contribution >= 0.6 is 0 Å². The molecule has 2 heterocycles. The molecule has 27 nitrogen and oxygen atoms in total. The molecule has 2 unspecified atom stereocenters. The number of aliphatic hydroxyl groups excluding tert-OH is 6. The lowest BCUT2D eigenvalue weighted by molar-refractivity contribution is -0.301. The Bertz CT molecular complexity index is 1880. The van der Waals surface area contributed by atoms with Crippen molar-refractivity contribution in [2.45, 2.75) is 264 Å². The Morgan fingerprint density at radius 3 is 1.01 bits per heavy atom.